The molecule has 0 saturated heterocycles. The highest BCUT2D eigenvalue weighted by Crippen LogP contribution is 2.18. The van der Waals surface area contributed by atoms with Crippen LogP contribution >= 0.6 is 0 Å². The van der Waals surface area contributed by atoms with Gasteiger partial charge in [-0.3, -0.25) is 0 Å². The number of esters is 1. The lowest BCUT2D eigenvalue weighted by molar-refractivity contribution is 0.0524. The predicted molar refractivity (Wildman–Crippen MR) is 60.6 cm³/mol. The van der Waals surface area contributed by atoms with Crippen LogP contribution in [-0.2, 0) is 4.74 Å². The second-order valence-corrected chi connectivity index (χ2v) is 3.70. The van der Waals surface area contributed by atoms with Crippen molar-refractivity contribution in [1.29, 1.82) is 0 Å². The smallest absolute Gasteiger partial charge is 0.340 e. The Balaban J connectivity index is 2.63. The average molecular weight is 218 g/mol. The van der Waals surface area contributed by atoms with Gasteiger partial charge in [0.15, 0.2) is 0 Å². The third-order valence-electron chi connectivity index (χ3n) is 2.63. The van der Waals surface area contributed by atoms with Crippen LogP contribution in [0.2, 0.25) is 0 Å². The molecule has 0 N–H and O–H groups in total. The number of aryl methyl sites for hydroxylation is 2. The number of imidazole rings is 1. The largest absolute Gasteiger partial charge is 0.462 e. The Morgan fingerprint density at radius 2 is 2.25 bits per heavy atom. The van der Waals surface area contributed by atoms with Crippen molar-refractivity contribution < 1.29 is 9.53 Å². The van der Waals surface area contributed by atoms with Gasteiger partial charge in [0.2, 0.25) is 0 Å². The molecule has 0 unspecified atom stereocenters. The van der Waals surface area contributed by atoms with Crippen LogP contribution in [0.4, 0.5) is 0 Å². The van der Waals surface area contributed by atoms with Crippen LogP contribution in [0.3, 0.4) is 0 Å². The second-order valence-electron chi connectivity index (χ2n) is 3.70. The van der Waals surface area contributed by atoms with E-state index in [9.17, 15) is 4.79 Å². The van der Waals surface area contributed by atoms with Crippen molar-refractivity contribution in [2.24, 2.45) is 0 Å². The lowest BCUT2D eigenvalue weighted by atomic mass is 10.1. The minimum absolute atomic E-state index is 0.270. The maximum Gasteiger partial charge on any atom is 0.340 e. The van der Waals surface area contributed by atoms with E-state index >= 15 is 0 Å². The Kier molecular flexibility index (Phi) is 2.64. The molecule has 84 valence electrons. The number of rotatable bonds is 2. The van der Waals surface area contributed by atoms with E-state index in [0.717, 1.165) is 16.8 Å². The highest BCUT2D eigenvalue weighted by molar-refractivity contribution is 5.92. The van der Waals surface area contributed by atoms with Gasteiger partial charge in [-0.1, -0.05) is 0 Å². The number of fused-ring (bicyclic) bond motifs is 1. The quantitative estimate of drug-likeness (QED) is 0.725. The van der Waals surface area contributed by atoms with Gasteiger partial charge < -0.3 is 9.14 Å². The normalized spacial score (nSPS) is 10.7. The van der Waals surface area contributed by atoms with Gasteiger partial charge in [0.25, 0.3) is 0 Å². The van der Waals surface area contributed by atoms with Gasteiger partial charge in [0.1, 0.15) is 0 Å². The first-order valence-electron chi connectivity index (χ1n) is 5.24. The van der Waals surface area contributed by atoms with Gasteiger partial charge in [-0.2, -0.15) is 0 Å². The lowest BCUT2D eigenvalue weighted by Gasteiger charge is -2.10. The van der Waals surface area contributed by atoms with Gasteiger partial charge in [0, 0.05) is 5.69 Å². The average Bonchev–Trinajstić information content (AvgIpc) is 2.66. The number of carbonyl (C=O) groups is 1. The van der Waals surface area contributed by atoms with Gasteiger partial charge in [-0.25, -0.2) is 9.78 Å². The van der Waals surface area contributed by atoms with E-state index in [1.807, 2.05) is 24.3 Å². The molecule has 16 heavy (non-hydrogen) atoms. The third kappa shape index (κ3) is 1.56. The number of aromatic nitrogens is 2. The summed E-state index contributed by atoms with van der Waals surface area (Å²) in [4.78, 5) is 15.9. The Morgan fingerprint density at radius 3 is 2.94 bits per heavy atom. The van der Waals surface area contributed by atoms with Crippen molar-refractivity contribution in [1.82, 2.24) is 9.38 Å². The summed E-state index contributed by atoms with van der Waals surface area (Å²) < 4.78 is 6.93. The topological polar surface area (TPSA) is 43.6 Å². The van der Waals surface area contributed by atoms with E-state index in [1.54, 1.807) is 19.4 Å². The first kappa shape index (κ1) is 10.7. The molecule has 0 aliphatic heterocycles. The van der Waals surface area contributed by atoms with Gasteiger partial charge in [-0.05, 0) is 32.4 Å². The lowest BCUT2D eigenvalue weighted by Crippen LogP contribution is -2.11. The zero-order valence-corrected chi connectivity index (χ0v) is 9.65. The van der Waals surface area contributed by atoms with E-state index in [1.165, 1.54) is 0 Å². The fraction of sp³-hybridized carbons (Fsp3) is 0.333. The standard InChI is InChI=1S/C12H14N2O2/c1-4-16-12(15)11-8(2)5-10-6-13-7-14(10)9(11)3/h5-7H,4H2,1-3H3. The Labute approximate surface area is 93.9 Å². The fourth-order valence-corrected chi connectivity index (χ4v) is 1.90. The maximum atomic E-state index is 11.8. The van der Waals surface area contributed by atoms with Crippen LogP contribution in [-0.4, -0.2) is 22.0 Å². The van der Waals surface area contributed by atoms with Crippen molar-refractivity contribution >= 4 is 11.5 Å². The molecule has 0 radical (unpaired) electrons. The Bertz CT molecular complexity index is 543. The van der Waals surface area contributed by atoms with E-state index in [4.69, 9.17) is 4.74 Å². The number of hydrogen-bond acceptors (Lipinski definition) is 3. The van der Waals surface area contributed by atoms with Crippen LogP contribution in [0.25, 0.3) is 5.52 Å². The monoisotopic (exact) mass is 218 g/mol. The summed E-state index contributed by atoms with van der Waals surface area (Å²) in [6, 6.07) is 1.94. The summed E-state index contributed by atoms with van der Waals surface area (Å²) in [5.74, 6) is -0.270. The molecule has 0 spiro atoms. The van der Waals surface area contributed by atoms with Crippen LogP contribution in [0, 0.1) is 13.8 Å². The summed E-state index contributed by atoms with van der Waals surface area (Å²) in [7, 11) is 0. The first-order valence-corrected chi connectivity index (χ1v) is 5.24. The van der Waals surface area contributed by atoms with Crippen molar-refractivity contribution in [3.05, 3.63) is 35.4 Å². The molecule has 4 nitrogen and oxygen atoms in total. The molecule has 2 rings (SSSR count). The molecule has 2 heterocycles. The number of nitrogens with zero attached hydrogens (tertiary/aromatic N) is 2. The molecule has 4 heteroatoms. The zero-order valence-electron chi connectivity index (χ0n) is 9.65. The number of hydrogen-bond donors (Lipinski definition) is 0. The van der Waals surface area contributed by atoms with Gasteiger partial charge >= 0.3 is 5.97 Å². The number of ether oxygens (including phenoxy) is 1. The SMILES string of the molecule is CCOC(=O)c1c(C)cc2cncn2c1C. The summed E-state index contributed by atoms with van der Waals surface area (Å²) >= 11 is 0. The minimum Gasteiger partial charge on any atom is -0.462 e. The van der Waals surface area contributed by atoms with Crippen LogP contribution < -0.4 is 0 Å². The summed E-state index contributed by atoms with van der Waals surface area (Å²) in [5, 5.41) is 0. The molecule has 0 saturated carbocycles. The third-order valence-corrected chi connectivity index (χ3v) is 2.63. The molecule has 0 aliphatic rings. The van der Waals surface area contributed by atoms with Crippen LogP contribution in [0.5, 0.6) is 0 Å². The van der Waals surface area contributed by atoms with E-state index < -0.39 is 0 Å². The highest BCUT2D eigenvalue weighted by Gasteiger charge is 2.15. The molecule has 2 aromatic rings. The van der Waals surface area contributed by atoms with Crippen LogP contribution in [0.15, 0.2) is 18.6 Å². The summed E-state index contributed by atoms with van der Waals surface area (Å²) in [6.45, 7) is 6.00. The molecule has 0 aromatic carbocycles. The van der Waals surface area contributed by atoms with Crippen molar-refractivity contribution in [3.63, 3.8) is 0 Å². The maximum absolute atomic E-state index is 11.8. The van der Waals surface area contributed by atoms with Crippen molar-refractivity contribution in [3.8, 4) is 0 Å². The van der Waals surface area contributed by atoms with Crippen molar-refractivity contribution in [2.45, 2.75) is 20.8 Å². The first-order chi connectivity index (χ1) is 7.65. The molecule has 2 aromatic heterocycles. The van der Waals surface area contributed by atoms with E-state index in [-0.39, 0.29) is 5.97 Å². The molecule has 0 fully saturated rings. The van der Waals surface area contributed by atoms with Crippen LogP contribution in [0.1, 0.15) is 28.5 Å². The molecule has 0 amide bonds. The zero-order chi connectivity index (χ0) is 11.7. The summed E-state index contributed by atoms with van der Waals surface area (Å²) in [5.41, 5.74) is 3.41. The van der Waals surface area contributed by atoms with E-state index in [2.05, 4.69) is 4.98 Å². The predicted octanol–water partition coefficient (Wildman–Crippen LogP) is 2.13. The molecular weight excluding hydrogens is 204 g/mol. The highest BCUT2D eigenvalue weighted by atomic mass is 16.5. The number of carbonyl (C=O) groups excluding carboxylic acids is 1. The molecule has 0 bridgehead atoms. The molecule has 0 aliphatic carbocycles. The van der Waals surface area contributed by atoms with E-state index in [0.29, 0.717) is 12.2 Å². The van der Waals surface area contributed by atoms with Gasteiger partial charge in [-0.15, -0.1) is 0 Å². The Morgan fingerprint density at radius 1 is 1.50 bits per heavy atom. The fourth-order valence-electron chi connectivity index (χ4n) is 1.90. The molecule has 0 atom stereocenters. The Hall–Kier alpha value is -1.84. The summed E-state index contributed by atoms with van der Waals surface area (Å²) in [6.07, 6.45) is 3.47. The molecular formula is C12H14N2O2. The number of pyridine rings is 1. The van der Waals surface area contributed by atoms with Crippen molar-refractivity contribution in [2.75, 3.05) is 6.61 Å². The minimum atomic E-state index is -0.270. The van der Waals surface area contributed by atoms with Gasteiger partial charge in [0.05, 0.1) is 30.2 Å². The second kappa shape index (κ2) is 3.96.